The molecule has 1 amide bonds. The van der Waals surface area contributed by atoms with Crippen LogP contribution in [0.1, 0.15) is 17.9 Å². The molecule has 0 radical (unpaired) electrons. The molecule has 0 heterocycles. The molecule has 110 valence electrons. The van der Waals surface area contributed by atoms with Crippen molar-refractivity contribution in [1.29, 1.82) is 0 Å². The van der Waals surface area contributed by atoms with Gasteiger partial charge in [0.25, 0.3) is 0 Å². The summed E-state index contributed by atoms with van der Waals surface area (Å²) in [5.74, 6) is -1.68. The van der Waals surface area contributed by atoms with Gasteiger partial charge in [-0.05, 0) is 18.6 Å². The molecule has 3 N–H and O–H groups in total. The van der Waals surface area contributed by atoms with Crippen LogP contribution in [0.3, 0.4) is 0 Å². The Bertz CT molecular complexity index is 615. The van der Waals surface area contributed by atoms with Gasteiger partial charge >= 0.3 is 0 Å². The number of rotatable bonds is 5. The molecule has 8 heteroatoms. The van der Waals surface area contributed by atoms with Gasteiger partial charge in [-0.25, -0.2) is 17.9 Å². The number of benzene rings is 1. The topological polar surface area (TPSA) is 89.3 Å². The average Bonchev–Trinajstić information content (AvgIpc) is 3.07. The molecular weight excluding hydrogens is 307 g/mol. The van der Waals surface area contributed by atoms with E-state index in [1.54, 1.807) is 6.07 Å². The minimum absolute atomic E-state index is 0.0497. The smallest absolute Gasteiger partial charge is 0.223 e. The van der Waals surface area contributed by atoms with Crippen molar-refractivity contribution in [3.05, 3.63) is 34.6 Å². The minimum Gasteiger partial charge on any atom is -0.355 e. The number of primary sulfonamides is 1. The zero-order valence-corrected chi connectivity index (χ0v) is 12.0. The summed E-state index contributed by atoms with van der Waals surface area (Å²) in [5, 5.41) is 7.60. The lowest BCUT2D eigenvalue weighted by atomic mass is 10.1. The highest BCUT2D eigenvalue weighted by atomic mass is 35.5. The van der Waals surface area contributed by atoms with E-state index in [1.165, 1.54) is 12.1 Å². The largest absolute Gasteiger partial charge is 0.355 e. The van der Waals surface area contributed by atoms with E-state index in [1.807, 2.05) is 0 Å². The van der Waals surface area contributed by atoms with Crippen LogP contribution in [0, 0.1) is 11.7 Å². The predicted molar refractivity (Wildman–Crippen MR) is 73.2 cm³/mol. The molecule has 0 spiro atoms. The fourth-order valence-corrected chi connectivity index (χ4v) is 2.81. The first-order valence-electron chi connectivity index (χ1n) is 6.01. The summed E-state index contributed by atoms with van der Waals surface area (Å²) in [5.41, 5.74) is 0.348. The lowest BCUT2D eigenvalue weighted by molar-refractivity contribution is -0.122. The summed E-state index contributed by atoms with van der Waals surface area (Å²) >= 11 is 5.93. The maximum atomic E-state index is 13.7. The van der Waals surface area contributed by atoms with Gasteiger partial charge in [0.2, 0.25) is 15.9 Å². The third-order valence-corrected chi connectivity index (χ3v) is 4.29. The first-order valence-corrected chi connectivity index (χ1v) is 8.11. The molecule has 0 aliphatic heterocycles. The van der Waals surface area contributed by atoms with Crippen molar-refractivity contribution in [2.75, 3.05) is 12.3 Å². The highest BCUT2D eigenvalue weighted by Gasteiger charge is 2.46. The molecule has 1 saturated carbocycles. The first-order chi connectivity index (χ1) is 9.29. The fourth-order valence-electron chi connectivity index (χ4n) is 2.12. The van der Waals surface area contributed by atoms with E-state index >= 15 is 0 Å². The molecule has 5 nitrogen and oxygen atoms in total. The molecule has 20 heavy (non-hydrogen) atoms. The quantitative estimate of drug-likeness (QED) is 0.847. The van der Waals surface area contributed by atoms with Gasteiger partial charge in [0, 0.05) is 29.0 Å². The number of hydrogen-bond donors (Lipinski definition) is 2. The number of carbonyl (C=O) groups excluding carboxylic acids is 1. The maximum Gasteiger partial charge on any atom is 0.223 e. The lowest BCUT2D eigenvalue weighted by Gasteiger charge is -2.06. The van der Waals surface area contributed by atoms with Crippen molar-refractivity contribution in [3.8, 4) is 0 Å². The van der Waals surface area contributed by atoms with E-state index in [0.29, 0.717) is 17.0 Å². The molecule has 1 aliphatic carbocycles. The van der Waals surface area contributed by atoms with Gasteiger partial charge in [0.1, 0.15) is 5.82 Å². The van der Waals surface area contributed by atoms with E-state index < -0.39 is 15.8 Å². The summed E-state index contributed by atoms with van der Waals surface area (Å²) in [6.45, 7) is -0.0497. The zero-order chi connectivity index (χ0) is 14.9. The second-order valence-corrected chi connectivity index (χ2v) is 6.88. The molecule has 0 aromatic heterocycles. The third kappa shape index (κ3) is 3.68. The van der Waals surface area contributed by atoms with E-state index in [4.69, 9.17) is 16.7 Å². The Balaban J connectivity index is 1.93. The van der Waals surface area contributed by atoms with Crippen molar-refractivity contribution >= 4 is 27.5 Å². The molecule has 0 bridgehead atoms. The van der Waals surface area contributed by atoms with Gasteiger partial charge in [-0.3, -0.25) is 4.79 Å². The van der Waals surface area contributed by atoms with E-state index in [9.17, 15) is 17.6 Å². The number of hydrogen-bond acceptors (Lipinski definition) is 3. The van der Waals surface area contributed by atoms with E-state index in [2.05, 4.69) is 5.32 Å². The van der Waals surface area contributed by atoms with Crippen LogP contribution >= 0.6 is 11.6 Å². The van der Waals surface area contributed by atoms with Crippen molar-refractivity contribution in [2.45, 2.75) is 12.3 Å². The number of halogens is 2. The summed E-state index contributed by atoms with van der Waals surface area (Å²) < 4.78 is 35.1. The van der Waals surface area contributed by atoms with Gasteiger partial charge < -0.3 is 5.32 Å². The van der Waals surface area contributed by atoms with Crippen LogP contribution in [-0.2, 0) is 14.8 Å². The molecule has 1 fully saturated rings. The predicted octanol–water partition coefficient (Wildman–Crippen LogP) is 0.987. The van der Waals surface area contributed by atoms with Crippen LogP contribution < -0.4 is 10.5 Å². The Kier molecular flexibility index (Phi) is 4.31. The normalized spacial score (nSPS) is 21.6. The summed E-state index contributed by atoms with van der Waals surface area (Å²) in [4.78, 5) is 11.8. The molecule has 1 aromatic rings. The summed E-state index contributed by atoms with van der Waals surface area (Å²) in [6, 6.07) is 4.38. The van der Waals surface area contributed by atoms with Gasteiger partial charge in [-0.15, -0.1) is 0 Å². The van der Waals surface area contributed by atoms with Crippen molar-refractivity contribution in [2.24, 2.45) is 11.1 Å². The second-order valence-electron chi connectivity index (χ2n) is 4.74. The molecular formula is C12H14ClFN2O3S. The van der Waals surface area contributed by atoms with Crippen LogP contribution in [0.2, 0.25) is 5.02 Å². The van der Waals surface area contributed by atoms with Gasteiger partial charge in [0.15, 0.2) is 0 Å². The standard InChI is InChI=1S/C12H14ClFN2O3S/c13-9-2-1-3-10(14)11(9)7-6-8(7)12(17)16-4-5-20(15,18)19/h1-3,7-8H,4-6H2,(H,16,17)(H2,15,18,19)/t7-,8+/m0/s1. The summed E-state index contributed by atoms with van der Waals surface area (Å²) in [7, 11) is -3.60. The molecule has 1 aromatic carbocycles. The molecule has 0 unspecified atom stereocenters. The number of nitrogens with one attached hydrogen (secondary N) is 1. The Morgan fingerprint density at radius 1 is 1.50 bits per heavy atom. The molecule has 0 saturated heterocycles. The minimum atomic E-state index is -3.60. The first kappa shape index (κ1) is 15.2. The highest BCUT2D eigenvalue weighted by Crippen LogP contribution is 2.50. The molecule has 2 rings (SSSR count). The highest BCUT2D eigenvalue weighted by molar-refractivity contribution is 7.89. The molecule has 2 atom stereocenters. The zero-order valence-electron chi connectivity index (χ0n) is 10.5. The van der Waals surface area contributed by atoms with Crippen LogP contribution in [-0.4, -0.2) is 26.6 Å². The van der Waals surface area contributed by atoms with Gasteiger partial charge in [-0.1, -0.05) is 17.7 Å². The Morgan fingerprint density at radius 2 is 2.20 bits per heavy atom. The Morgan fingerprint density at radius 3 is 2.80 bits per heavy atom. The van der Waals surface area contributed by atoms with Gasteiger partial charge in [0.05, 0.1) is 5.75 Å². The van der Waals surface area contributed by atoms with Crippen LogP contribution in [0.4, 0.5) is 4.39 Å². The SMILES string of the molecule is NS(=O)(=O)CCNC(=O)[C@@H]1C[C@@H]1c1c(F)cccc1Cl. The maximum absolute atomic E-state index is 13.7. The second kappa shape index (κ2) is 5.67. The van der Waals surface area contributed by atoms with Crippen LogP contribution in [0.5, 0.6) is 0 Å². The van der Waals surface area contributed by atoms with E-state index in [-0.39, 0.29) is 30.0 Å². The van der Waals surface area contributed by atoms with Crippen LogP contribution in [0.15, 0.2) is 18.2 Å². The monoisotopic (exact) mass is 320 g/mol. The van der Waals surface area contributed by atoms with Crippen molar-refractivity contribution in [1.82, 2.24) is 5.32 Å². The Labute approximate surface area is 121 Å². The van der Waals surface area contributed by atoms with Crippen molar-refractivity contribution < 1.29 is 17.6 Å². The third-order valence-electron chi connectivity index (χ3n) is 3.18. The number of amides is 1. The number of nitrogens with two attached hydrogens (primary N) is 1. The number of carbonyl (C=O) groups is 1. The summed E-state index contributed by atoms with van der Waals surface area (Å²) in [6.07, 6.45) is 0.502. The van der Waals surface area contributed by atoms with Gasteiger partial charge in [-0.2, -0.15) is 0 Å². The fraction of sp³-hybridized carbons (Fsp3) is 0.417. The van der Waals surface area contributed by atoms with Crippen LogP contribution in [0.25, 0.3) is 0 Å². The number of sulfonamides is 1. The molecule has 1 aliphatic rings. The van der Waals surface area contributed by atoms with E-state index in [0.717, 1.165) is 0 Å². The van der Waals surface area contributed by atoms with Crippen molar-refractivity contribution in [3.63, 3.8) is 0 Å². The Hall–Kier alpha value is -1.18. The average molecular weight is 321 g/mol. The lowest BCUT2D eigenvalue weighted by Crippen LogP contribution is -2.32.